The summed E-state index contributed by atoms with van der Waals surface area (Å²) in [4.78, 5) is 16.5. The lowest BCUT2D eigenvalue weighted by molar-refractivity contribution is 0.0526. The molecule has 3 aromatic rings. The van der Waals surface area contributed by atoms with Crippen LogP contribution in [-0.4, -0.2) is 22.7 Å². The molecule has 0 radical (unpaired) electrons. The quantitative estimate of drug-likeness (QED) is 0.557. The Morgan fingerprint density at radius 3 is 2.62 bits per heavy atom. The second-order valence-electron chi connectivity index (χ2n) is 5.44. The van der Waals surface area contributed by atoms with Crippen molar-refractivity contribution in [3.8, 4) is 5.75 Å². The van der Waals surface area contributed by atoms with E-state index >= 15 is 0 Å². The van der Waals surface area contributed by atoms with Crippen LogP contribution in [0.1, 0.15) is 23.0 Å². The van der Waals surface area contributed by atoms with Gasteiger partial charge in [-0.25, -0.2) is 4.79 Å². The van der Waals surface area contributed by atoms with E-state index in [0.717, 1.165) is 28.0 Å². The van der Waals surface area contributed by atoms with E-state index in [2.05, 4.69) is 10.3 Å². The molecule has 0 amide bonds. The number of ether oxygens (including phenoxy) is 1. The normalized spacial score (nSPS) is 10.6. The molecule has 1 aromatic heterocycles. The smallest absolute Gasteiger partial charge is 0.338 e. The number of phenols is 1. The number of rotatable bonds is 4. The highest BCUT2D eigenvalue weighted by Crippen LogP contribution is 2.28. The first-order chi connectivity index (χ1) is 11.6. The third-order valence-corrected chi connectivity index (χ3v) is 3.59. The number of hydrogen-bond acceptors (Lipinski definition) is 5. The Morgan fingerprint density at radius 1 is 1.17 bits per heavy atom. The third-order valence-electron chi connectivity index (χ3n) is 3.59. The number of carbonyl (C=O) groups excluding carboxylic acids is 1. The van der Waals surface area contributed by atoms with E-state index in [-0.39, 0.29) is 11.7 Å². The van der Waals surface area contributed by atoms with Crippen molar-refractivity contribution in [3.63, 3.8) is 0 Å². The second-order valence-corrected chi connectivity index (χ2v) is 5.44. The van der Waals surface area contributed by atoms with Crippen LogP contribution in [0.15, 0.2) is 48.5 Å². The molecule has 24 heavy (non-hydrogen) atoms. The van der Waals surface area contributed by atoms with Crippen molar-refractivity contribution in [1.29, 1.82) is 0 Å². The summed E-state index contributed by atoms with van der Waals surface area (Å²) in [5.74, 6) is -0.142. The summed E-state index contributed by atoms with van der Waals surface area (Å²) in [6.45, 7) is 4.03. The molecule has 0 aliphatic heterocycles. The molecule has 0 bridgehead atoms. The Labute approximate surface area is 139 Å². The van der Waals surface area contributed by atoms with Crippen LogP contribution in [0.3, 0.4) is 0 Å². The molecule has 2 aromatic carbocycles. The predicted octanol–water partition coefficient (Wildman–Crippen LogP) is 4.17. The molecule has 0 unspecified atom stereocenters. The molecule has 0 aliphatic carbocycles. The topological polar surface area (TPSA) is 71.5 Å². The molecule has 0 atom stereocenters. The lowest BCUT2D eigenvalue weighted by Gasteiger charge is -2.12. The van der Waals surface area contributed by atoms with E-state index in [4.69, 9.17) is 4.74 Å². The maximum absolute atomic E-state index is 12.0. The summed E-state index contributed by atoms with van der Waals surface area (Å²) >= 11 is 0. The first-order valence-corrected chi connectivity index (χ1v) is 7.71. The van der Waals surface area contributed by atoms with Crippen molar-refractivity contribution in [3.05, 3.63) is 59.8 Å². The number of phenolic OH excluding ortho intramolecular Hbond substituents is 1. The average Bonchev–Trinajstić information content (AvgIpc) is 2.56. The van der Waals surface area contributed by atoms with E-state index in [9.17, 15) is 9.90 Å². The molecule has 0 saturated heterocycles. The zero-order valence-corrected chi connectivity index (χ0v) is 13.5. The molecule has 122 valence electrons. The highest BCUT2D eigenvalue weighted by atomic mass is 16.5. The minimum absolute atomic E-state index is 0.209. The Kier molecular flexibility index (Phi) is 4.33. The zero-order chi connectivity index (χ0) is 17.1. The standard InChI is InChI=1S/C19H18N2O3/c1-3-24-19(23)13-4-9-17-16(11-13)18(10-12(2)20-17)21-14-5-7-15(22)8-6-14/h4-11,22H,3H2,1-2H3,(H,20,21). The molecular weight excluding hydrogens is 304 g/mol. The van der Waals surface area contributed by atoms with E-state index < -0.39 is 0 Å². The summed E-state index contributed by atoms with van der Waals surface area (Å²) in [6.07, 6.45) is 0. The van der Waals surface area contributed by atoms with E-state index in [1.807, 2.05) is 19.1 Å². The van der Waals surface area contributed by atoms with Gasteiger partial charge in [0, 0.05) is 22.5 Å². The Morgan fingerprint density at radius 2 is 1.92 bits per heavy atom. The maximum Gasteiger partial charge on any atom is 0.338 e. The predicted molar refractivity (Wildman–Crippen MR) is 93.8 cm³/mol. The van der Waals surface area contributed by atoms with Gasteiger partial charge in [0.2, 0.25) is 0 Å². The van der Waals surface area contributed by atoms with E-state index in [1.54, 1.807) is 43.3 Å². The van der Waals surface area contributed by atoms with Crippen molar-refractivity contribution < 1.29 is 14.6 Å². The van der Waals surface area contributed by atoms with Gasteiger partial charge < -0.3 is 15.2 Å². The number of fused-ring (bicyclic) bond motifs is 1. The van der Waals surface area contributed by atoms with Crippen LogP contribution < -0.4 is 5.32 Å². The molecule has 0 aliphatic rings. The van der Waals surface area contributed by atoms with Crippen LogP contribution in [0.2, 0.25) is 0 Å². The zero-order valence-electron chi connectivity index (χ0n) is 13.5. The van der Waals surface area contributed by atoms with Gasteiger partial charge in [0.05, 0.1) is 17.7 Å². The lowest BCUT2D eigenvalue weighted by atomic mass is 10.1. The maximum atomic E-state index is 12.0. The van der Waals surface area contributed by atoms with Crippen molar-refractivity contribution >= 4 is 28.2 Å². The van der Waals surface area contributed by atoms with Gasteiger partial charge in [0.1, 0.15) is 5.75 Å². The van der Waals surface area contributed by atoms with Crippen molar-refractivity contribution in [1.82, 2.24) is 4.98 Å². The van der Waals surface area contributed by atoms with Crippen LogP contribution in [0, 0.1) is 6.92 Å². The molecule has 0 spiro atoms. The minimum Gasteiger partial charge on any atom is -0.508 e. The minimum atomic E-state index is -0.351. The number of anilines is 2. The number of nitrogens with one attached hydrogen (secondary N) is 1. The van der Waals surface area contributed by atoms with Gasteiger partial charge in [-0.3, -0.25) is 4.98 Å². The number of carbonyl (C=O) groups is 1. The Balaban J connectivity index is 2.05. The molecule has 2 N–H and O–H groups in total. The van der Waals surface area contributed by atoms with Crippen molar-refractivity contribution in [2.75, 3.05) is 11.9 Å². The van der Waals surface area contributed by atoms with Crippen LogP contribution in [0.4, 0.5) is 11.4 Å². The molecule has 1 heterocycles. The molecule has 5 heteroatoms. The molecule has 5 nitrogen and oxygen atoms in total. The van der Waals surface area contributed by atoms with Gasteiger partial charge in [-0.1, -0.05) is 0 Å². The SMILES string of the molecule is CCOC(=O)c1ccc2nc(C)cc(Nc3ccc(O)cc3)c2c1. The number of aryl methyl sites for hydroxylation is 1. The lowest BCUT2D eigenvalue weighted by Crippen LogP contribution is -2.05. The van der Waals surface area contributed by atoms with E-state index in [0.29, 0.717) is 12.2 Å². The number of hydrogen-bond donors (Lipinski definition) is 2. The number of esters is 1. The first-order valence-electron chi connectivity index (χ1n) is 7.71. The summed E-state index contributed by atoms with van der Waals surface area (Å²) in [5.41, 5.74) is 3.83. The monoisotopic (exact) mass is 322 g/mol. The summed E-state index contributed by atoms with van der Waals surface area (Å²) in [5, 5.41) is 13.5. The van der Waals surface area contributed by atoms with Crippen molar-refractivity contribution in [2.24, 2.45) is 0 Å². The van der Waals surface area contributed by atoms with Gasteiger partial charge in [-0.2, -0.15) is 0 Å². The molecule has 0 fully saturated rings. The molecule has 0 saturated carbocycles. The largest absolute Gasteiger partial charge is 0.508 e. The number of nitrogens with zero attached hydrogens (tertiary/aromatic N) is 1. The van der Waals surface area contributed by atoms with Crippen LogP contribution >= 0.6 is 0 Å². The van der Waals surface area contributed by atoms with Gasteiger partial charge in [-0.05, 0) is 62.4 Å². The fourth-order valence-corrected chi connectivity index (χ4v) is 2.50. The highest BCUT2D eigenvalue weighted by molar-refractivity contribution is 5.99. The molecule has 3 rings (SSSR count). The summed E-state index contributed by atoms with van der Waals surface area (Å²) in [7, 11) is 0. The Hall–Kier alpha value is -3.08. The van der Waals surface area contributed by atoms with Crippen LogP contribution in [0.5, 0.6) is 5.75 Å². The number of aromatic hydroxyl groups is 1. The van der Waals surface area contributed by atoms with Crippen LogP contribution in [0.25, 0.3) is 10.9 Å². The van der Waals surface area contributed by atoms with Gasteiger partial charge in [0.15, 0.2) is 0 Å². The third kappa shape index (κ3) is 3.30. The highest BCUT2D eigenvalue weighted by Gasteiger charge is 2.11. The fraction of sp³-hybridized carbons (Fsp3) is 0.158. The van der Waals surface area contributed by atoms with Gasteiger partial charge >= 0.3 is 5.97 Å². The van der Waals surface area contributed by atoms with Crippen LogP contribution in [-0.2, 0) is 4.74 Å². The average molecular weight is 322 g/mol. The van der Waals surface area contributed by atoms with Gasteiger partial charge in [-0.15, -0.1) is 0 Å². The summed E-state index contributed by atoms with van der Waals surface area (Å²) in [6, 6.07) is 14.0. The van der Waals surface area contributed by atoms with Crippen molar-refractivity contribution in [2.45, 2.75) is 13.8 Å². The van der Waals surface area contributed by atoms with Gasteiger partial charge in [0.25, 0.3) is 0 Å². The molecular formula is C19H18N2O3. The number of pyridine rings is 1. The van der Waals surface area contributed by atoms with E-state index in [1.165, 1.54) is 0 Å². The Bertz CT molecular complexity index is 889. The second kappa shape index (κ2) is 6.58. The fourth-order valence-electron chi connectivity index (χ4n) is 2.50. The summed E-state index contributed by atoms with van der Waals surface area (Å²) < 4.78 is 5.06. The first kappa shape index (κ1) is 15.8. The number of benzene rings is 2. The number of aromatic nitrogens is 1.